The van der Waals surface area contributed by atoms with Crippen LogP contribution in [0.1, 0.15) is 48.0 Å². The summed E-state index contributed by atoms with van der Waals surface area (Å²) < 4.78 is 3.90. The predicted molar refractivity (Wildman–Crippen MR) is 93.8 cm³/mol. The van der Waals surface area contributed by atoms with Crippen molar-refractivity contribution in [3.05, 3.63) is 28.6 Å². The lowest BCUT2D eigenvalue weighted by molar-refractivity contribution is -0.127. The molecule has 0 unspecified atom stereocenters. The Hall–Kier alpha value is -2.22. The van der Waals surface area contributed by atoms with Gasteiger partial charge in [-0.05, 0) is 13.8 Å². The number of carbonyl (C=O) groups excluding carboxylic acids is 1. The van der Waals surface area contributed by atoms with Crippen LogP contribution in [0.5, 0.6) is 0 Å². The first kappa shape index (κ1) is 17.6. The summed E-state index contributed by atoms with van der Waals surface area (Å²) in [6.45, 7) is 6.71. The molecule has 2 aromatic heterocycles. The van der Waals surface area contributed by atoms with Gasteiger partial charge < -0.3 is 14.8 Å². The fraction of sp³-hybridized carbons (Fsp3) is 0.647. The maximum atomic E-state index is 12.4. The second kappa shape index (κ2) is 6.59. The maximum absolute atomic E-state index is 12.4. The lowest BCUT2D eigenvalue weighted by atomic mass is 9.98. The van der Waals surface area contributed by atoms with Gasteiger partial charge in [-0.2, -0.15) is 5.10 Å². The van der Waals surface area contributed by atoms with Gasteiger partial charge in [-0.25, -0.2) is 0 Å². The second-order valence-electron chi connectivity index (χ2n) is 6.79. The molecule has 1 aliphatic heterocycles. The van der Waals surface area contributed by atoms with Gasteiger partial charge in [0.15, 0.2) is 0 Å². The number of aryl methyl sites for hydroxylation is 3. The van der Waals surface area contributed by atoms with Gasteiger partial charge in [-0.1, -0.05) is 6.92 Å². The van der Waals surface area contributed by atoms with Gasteiger partial charge in [0.1, 0.15) is 11.6 Å². The average Bonchev–Trinajstić information content (AvgIpc) is 3.15. The first-order valence-corrected chi connectivity index (χ1v) is 8.71. The fourth-order valence-electron chi connectivity index (χ4n) is 3.75. The third kappa shape index (κ3) is 2.95. The number of hydrogen-bond acceptors (Lipinski definition) is 5. The van der Waals surface area contributed by atoms with E-state index in [2.05, 4.69) is 34.5 Å². The Kier molecular flexibility index (Phi) is 4.64. The van der Waals surface area contributed by atoms with Crippen LogP contribution in [0.3, 0.4) is 0 Å². The van der Waals surface area contributed by atoms with Crippen molar-refractivity contribution in [2.75, 3.05) is 7.05 Å². The van der Waals surface area contributed by atoms with Crippen LogP contribution in [0, 0.1) is 13.8 Å². The largest absolute Gasteiger partial charge is 0.337 e. The smallest absolute Gasteiger partial charge is 0.224 e. The van der Waals surface area contributed by atoms with E-state index in [0.29, 0.717) is 13.0 Å². The molecule has 0 aliphatic carbocycles. The molecule has 1 aliphatic rings. The van der Waals surface area contributed by atoms with Crippen LogP contribution in [-0.4, -0.2) is 48.4 Å². The SMILES string of the molecule is CCc1nnc(CN[C@@H]2CC(=O)N(C)[C@H]2c2c(C)nn(C)c2C)n1C. The van der Waals surface area contributed by atoms with Crippen molar-refractivity contribution >= 4 is 5.91 Å². The van der Waals surface area contributed by atoms with Gasteiger partial charge in [-0.3, -0.25) is 9.48 Å². The summed E-state index contributed by atoms with van der Waals surface area (Å²) in [5.74, 6) is 2.00. The van der Waals surface area contributed by atoms with Crippen LogP contribution in [0.2, 0.25) is 0 Å². The number of nitrogens with zero attached hydrogens (tertiary/aromatic N) is 6. The van der Waals surface area contributed by atoms with Crippen LogP contribution in [0.4, 0.5) is 0 Å². The summed E-state index contributed by atoms with van der Waals surface area (Å²) in [7, 11) is 5.80. The minimum atomic E-state index is -0.0138. The summed E-state index contributed by atoms with van der Waals surface area (Å²) in [6.07, 6.45) is 1.33. The van der Waals surface area contributed by atoms with Crippen molar-refractivity contribution in [1.29, 1.82) is 0 Å². The van der Waals surface area contributed by atoms with E-state index in [0.717, 1.165) is 35.0 Å². The third-order valence-corrected chi connectivity index (χ3v) is 5.34. The third-order valence-electron chi connectivity index (χ3n) is 5.34. The number of rotatable bonds is 5. The molecule has 0 spiro atoms. The number of amides is 1. The Morgan fingerprint density at radius 2 is 1.84 bits per heavy atom. The number of carbonyl (C=O) groups is 1. The van der Waals surface area contributed by atoms with Crippen LogP contribution in [0.25, 0.3) is 0 Å². The normalized spacial score (nSPS) is 20.7. The van der Waals surface area contributed by atoms with E-state index in [-0.39, 0.29) is 18.0 Å². The summed E-state index contributed by atoms with van der Waals surface area (Å²) in [5.41, 5.74) is 3.22. The predicted octanol–water partition coefficient (Wildman–Crippen LogP) is 0.789. The van der Waals surface area contributed by atoms with Crippen LogP contribution >= 0.6 is 0 Å². The molecule has 0 aromatic carbocycles. The molecule has 0 bridgehead atoms. The van der Waals surface area contributed by atoms with E-state index in [1.165, 1.54) is 0 Å². The van der Waals surface area contributed by atoms with E-state index in [4.69, 9.17) is 0 Å². The molecular formula is C17H27N7O. The zero-order chi connectivity index (χ0) is 18.3. The molecule has 25 heavy (non-hydrogen) atoms. The van der Waals surface area contributed by atoms with Crippen molar-refractivity contribution in [2.24, 2.45) is 14.1 Å². The molecule has 3 rings (SSSR count). The molecular weight excluding hydrogens is 318 g/mol. The zero-order valence-electron chi connectivity index (χ0n) is 15.9. The van der Waals surface area contributed by atoms with Crippen LogP contribution in [0.15, 0.2) is 0 Å². The van der Waals surface area contributed by atoms with E-state index < -0.39 is 0 Å². The molecule has 8 nitrogen and oxygen atoms in total. The van der Waals surface area contributed by atoms with Gasteiger partial charge in [-0.15, -0.1) is 10.2 Å². The average molecular weight is 345 g/mol. The highest BCUT2D eigenvalue weighted by atomic mass is 16.2. The number of hydrogen-bond donors (Lipinski definition) is 1. The van der Waals surface area contributed by atoms with Crippen LogP contribution < -0.4 is 5.32 Å². The van der Waals surface area contributed by atoms with Gasteiger partial charge >= 0.3 is 0 Å². The lowest BCUT2D eigenvalue weighted by Gasteiger charge is -2.26. The minimum absolute atomic E-state index is 0.0138. The monoisotopic (exact) mass is 345 g/mol. The molecule has 1 amide bonds. The molecule has 1 N–H and O–H groups in total. The summed E-state index contributed by atoms with van der Waals surface area (Å²) in [6, 6.07) is 0.0148. The Bertz CT molecular complexity index is 791. The molecule has 3 heterocycles. The van der Waals surface area contributed by atoms with E-state index in [1.54, 1.807) is 0 Å². The van der Waals surface area contributed by atoms with Crippen molar-refractivity contribution in [1.82, 2.24) is 34.8 Å². The molecule has 0 radical (unpaired) electrons. The van der Waals surface area contributed by atoms with Crippen LogP contribution in [-0.2, 0) is 31.9 Å². The van der Waals surface area contributed by atoms with E-state index >= 15 is 0 Å². The topological polar surface area (TPSA) is 80.9 Å². The second-order valence-corrected chi connectivity index (χ2v) is 6.79. The molecule has 1 fully saturated rings. The summed E-state index contributed by atoms with van der Waals surface area (Å²) in [5, 5.41) is 16.5. The van der Waals surface area contributed by atoms with Gasteiger partial charge in [0.2, 0.25) is 5.91 Å². The summed E-state index contributed by atoms with van der Waals surface area (Å²) >= 11 is 0. The highest BCUT2D eigenvalue weighted by Crippen LogP contribution is 2.35. The Balaban J connectivity index is 1.84. The molecule has 0 saturated carbocycles. The van der Waals surface area contributed by atoms with Gasteiger partial charge in [0.25, 0.3) is 0 Å². The number of likely N-dealkylation sites (N-methyl/N-ethyl adjacent to an activating group) is 1. The molecule has 8 heteroatoms. The van der Waals surface area contributed by atoms with E-state index in [9.17, 15) is 4.79 Å². The number of aromatic nitrogens is 5. The molecule has 2 atom stereocenters. The number of likely N-dealkylation sites (tertiary alicyclic amines) is 1. The lowest BCUT2D eigenvalue weighted by Crippen LogP contribution is -2.36. The minimum Gasteiger partial charge on any atom is -0.337 e. The Morgan fingerprint density at radius 3 is 2.40 bits per heavy atom. The maximum Gasteiger partial charge on any atom is 0.224 e. The zero-order valence-corrected chi connectivity index (χ0v) is 15.9. The Morgan fingerprint density at radius 1 is 1.16 bits per heavy atom. The molecule has 2 aromatic rings. The standard InChI is InChI=1S/C17H27N7O/c1-7-13-19-20-14(22(13)4)9-18-12-8-15(25)23(5)17(12)16-10(2)21-24(6)11(16)3/h12,17-18H,7-9H2,1-6H3/t12-,17-/m1/s1. The van der Waals surface area contributed by atoms with Crippen molar-refractivity contribution in [2.45, 2.75) is 52.2 Å². The van der Waals surface area contributed by atoms with Crippen molar-refractivity contribution in [3.63, 3.8) is 0 Å². The number of nitrogens with one attached hydrogen (secondary N) is 1. The first-order chi connectivity index (χ1) is 11.8. The van der Waals surface area contributed by atoms with E-state index in [1.807, 2.05) is 42.2 Å². The highest BCUT2D eigenvalue weighted by Gasteiger charge is 2.40. The quantitative estimate of drug-likeness (QED) is 0.866. The molecule has 1 saturated heterocycles. The van der Waals surface area contributed by atoms with Gasteiger partial charge in [0, 0.05) is 51.3 Å². The Labute approximate surface area is 148 Å². The molecule has 136 valence electrons. The van der Waals surface area contributed by atoms with Crippen molar-refractivity contribution in [3.8, 4) is 0 Å². The highest BCUT2D eigenvalue weighted by molar-refractivity contribution is 5.80. The summed E-state index contributed by atoms with van der Waals surface area (Å²) in [4.78, 5) is 14.2. The fourth-order valence-corrected chi connectivity index (χ4v) is 3.75. The first-order valence-electron chi connectivity index (χ1n) is 8.71. The van der Waals surface area contributed by atoms with Gasteiger partial charge in [0.05, 0.1) is 18.3 Å². The van der Waals surface area contributed by atoms with Crippen molar-refractivity contribution < 1.29 is 4.79 Å².